The molecule has 1 unspecified atom stereocenters. The Kier molecular flexibility index (Phi) is 2.97. The van der Waals surface area contributed by atoms with Gasteiger partial charge in [-0.3, -0.25) is 0 Å². The van der Waals surface area contributed by atoms with E-state index in [1.807, 2.05) is 12.1 Å². The molecule has 19 heavy (non-hydrogen) atoms. The van der Waals surface area contributed by atoms with Crippen LogP contribution in [0.3, 0.4) is 0 Å². The number of aromatic nitrogens is 2. The summed E-state index contributed by atoms with van der Waals surface area (Å²) in [6.45, 7) is 6.08. The van der Waals surface area contributed by atoms with Crippen molar-refractivity contribution in [3.63, 3.8) is 0 Å². The maximum Gasteiger partial charge on any atom is 0.109 e. The Bertz CT molecular complexity index is 597. The molecule has 0 saturated carbocycles. The van der Waals surface area contributed by atoms with Crippen LogP contribution in [-0.2, 0) is 17.7 Å². The Morgan fingerprint density at radius 1 is 1.47 bits per heavy atom. The number of nitrogens with zero attached hydrogens (tertiary/aromatic N) is 2. The molecule has 1 fully saturated rings. The maximum atomic E-state index is 5.91. The molecule has 1 aliphatic heterocycles. The van der Waals surface area contributed by atoms with Crippen molar-refractivity contribution in [2.24, 2.45) is 0 Å². The lowest BCUT2D eigenvalue weighted by Gasteiger charge is -2.25. The zero-order chi connectivity index (χ0) is 13.5. The van der Waals surface area contributed by atoms with E-state index in [1.54, 1.807) is 0 Å². The number of benzene rings is 1. The van der Waals surface area contributed by atoms with E-state index in [0.29, 0.717) is 0 Å². The quantitative estimate of drug-likeness (QED) is 0.862. The van der Waals surface area contributed by atoms with Crippen LogP contribution < -0.4 is 5.73 Å². The van der Waals surface area contributed by atoms with Gasteiger partial charge in [-0.2, -0.15) is 0 Å². The van der Waals surface area contributed by atoms with Gasteiger partial charge in [0, 0.05) is 18.7 Å². The Labute approximate surface area is 113 Å². The fourth-order valence-electron chi connectivity index (χ4n) is 2.94. The molecule has 1 saturated heterocycles. The zero-order valence-corrected chi connectivity index (χ0v) is 11.6. The van der Waals surface area contributed by atoms with Crippen molar-refractivity contribution >= 4 is 16.7 Å². The minimum absolute atomic E-state index is 0.0566. The summed E-state index contributed by atoms with van der Waals surface area (Å²) in [5, 5.41) is 0. The lowest BCUT2D eigenvalue weighted by Crippen LogP contribution is -2.30. The van der Waals surface area contributed by atoms with Crippen molar-refractivity contribution in [1.29, 1.82) is 0 Å². The summed E-state index contributed by atoms with van der Waals surface area (Å²) in [6, 6.07) is 5.95. The molecule has 2 aromatic rings. The van der Waals surface area contributed by atoms with Gasteiger partial charge in [0.2, 0.25) is 0 Å². The molecule has 2 N–H and O–H groups in total. The Hall–Kier alpha value is -1.55. The zero-order valence-electron chi connectivity index (χ0n) is 11.6. The van der Waals surface area contributed by atoms with E-state index in [-0.39, 0.29) is 5.60 Å². The van der Waals surface area contributed by atoms with Gasteiger partial charge in [-0.15, -0.1) is 0 Å². The normalized spacial score (nSPS) is 23.3. The highest BCUT2D eigenvalue weighted by Gasteiger charge is 2.31. The van der Waals surface area contributed by atoms with Gasteiger partial charge in [0.25, 0.3) is 0 Å². The smallest absolute Gasteiger partial charge is 0.109 e. The average Bonchev–Trinajstić information content (AvgIpc) is 2.94. The Balaban J connectivity index is 2.05. The largest absolute Gasteiger partial charge is 0.399 e. The number of ether oxygens (including phenoxy) is 1. The fraction of sp³-hybridized carbons (Fsp3) is 0.533. The first-order valence-electron chi connectivity index (χ1n) is 7.00. The van der Waals surface area contributed by atoms with Gasteiger partial charge in [-0.25, -0.2) is 4.98 Å². The second-order valence-corrected chi connectivity index (χ2v) is 5.62. The molecule has 4 heteroatoms. The fourth-order valence-corrected chi connectivity index (χ4v) is 2.94. The molecule has 4 nitrogen and oxygen atoms in total. The molecule has 1 aromatic heterocycles. The number of fused-ring (bicyclic) bond motifs is 1. The highest BCUT2D eigenvalue weighted by Crippen LogP contribution is 2.29. The Morgan fingerprint density at radius 2 is 2.32 bits per heavy atom. The third-order valence-electron chi connectivity index (χ3n) is 3.96. The summed E-state index contributed by atoms with van der Waals surface area (Å²) in [5.41, 5.74) is 8.69. The van der Waals surface area contributed by atoms with Gasteiger partial charge in [-0.1, -0.05) is 6.92 Å². The van der Waals surface area contributed by atoms with Crippen molar-refractivity contribution in [1.82, 2.24) is 9.55 Å². The van der Waals surface area contributed by atoms with E-state index in [2.05, 4.69) is 24.5 Å². The number of hydrogen-bond acceptors (Lipinski definition) is 3. The molecule has 0 radical (unpaired) electrons. The number of rotatable bonds is 3. The summed E-state index contributed by atoms with van der Waals surface area (Å²) >= 11 is 0. The van der Waals surface area contributed by atoms with Crippen LogP contribution >= 0.6 is 0 Å². The van der Waals surface area contributed by atoms with Crippen molar-refractivity contribution in [2.75, 3.05) is 12.3 Å². The lowest BCUT2D eigenvalue weighted by molar-refractivity contribution is 0.00652. The maximum absolute atomic E-state index is 5.91. The van der Waals surface area contributed by atoms with Crippen molar-refractivity contribution in [3.8, 4) is 0 Å². The standard InChI is InChI=1S/C15H21N3O/c1-3-14-17-12-9-11(16)5-6-13(12)18(14)10-15(2)7-4-8-19-15/h5-6,9H,3-4,7-8,10,16H2,1-2H3. The molecule has 102 valence electrons. The molecule has 2 heterocycles. The summed E-state index contributed by atoms with van der Waals surface area (Å²) in [6.07, 6.45) is 3.19. The number of anilines is 1. The molecule has 1 atom stereocenters. The van der Waals surface area contributed by atoms with Gasteiger partial charge in [0.1, 0.15) is 5.82 Å². The minimum Gasteiger partial charge on any atom is -0.399 e. The first-order valence-corrected chi connectivity index (χ1v) is 7.00. The Morgan fingerprint density at radius 3 is 3.00 bits per heavy atom. The second kappa shape index (κ2) is 4.53. The monoisotopic (exact) mass is 259 g/mol. The molecular formula is C15H21N3O. The molecule has 3 rings (SSSR count). The van der Waals surface area contributed by atoms with E-state index in [0.717, 1.165) is 55.0 Å². The SMILES string of the molecule is CCc1nc2cc(N)ccc2n1CC1(C)CCCO1. The third kappa shape index (κ3) is 2.21. The van der Waals surface area contributed by atoms with E-state index < -0.39 is 0 Å². The van der Waals surface area contributed by atoms with Crippen LogP contribution in [0, 0.1) is 0 Å². The third-order valence-corrected chi connectivity index (χ3v) is 3.96. The van der Waals surface area contributed by atoms with Crippen molar-refractivity contribution < 1.29 is 4.74 Å². The first kappa shape index (κ1) is 12.5. The van der Waals surface area contributed by atoms with E-state index in [4.69, 9.17) is 15.5 Å². The number of hydrogen-bond donors (Lipinski definition) is 1. The van der Waals surface area contributed by atoms with Crippen LogP contribution in [0.15, 0.2) is 18.2 Å². The summed E-state index contributed by atoms with van der Waals surface area (Å²) in [4.78, 5) is 4.69. The van der Waals surface area contributed by atoms with Crippen LogP contribution in [0.4, 0.5) is 5.69 Å². The summed E-state index contributed by atoms with van der Waals surface area (Å²) in [7, 11) is 0. The average molecular weight is 259 g/mol. The molecule has 0 aliphatic carbocycles. The van der Waals surface area contributed by atoms with Crippen LogP contribution in [0.5, 0.6) is 0 Å². The van der Waals surface area contributed by atoms with E-state index in [1.165, 1.54) is 0 Å². The highest BCUT2D eigenvalue weighted by atomic mass is 16.5. The van der Waals surface area contributed by atoms with Crippen molar-refractivity contribution in [3.05, 3.63) is 24.0 Å². The van der Waals surface area contributed by atoms with Crippen LogP contribution in [0.25, 0.3) is 11.0 Å². The summed E-state index contributed by atoms with van der Waals surface area (Å²) < 4.78 is 8.20. The topological polar surface area (TPSA) is 53.1 Å². The van der Waals surface area contributed by atoms with E-state index >= 15 is 0 Å². The molecule has 0 bridgehead atoms. The molecule has 1 aliphatic rings. The predicted octanol–water partition coefficient (Wildman–Crippen LogP) is 2.75. The minimum atomic E-state index is -0.0566. The number of imidazole rings is 1. The molecule has 1 aromatic carbocycles. The van der Waals surface area contributed by atoms with Crippen LogP contribution in [-0.4, -0.2) is 21.8 Å². The van der Waals surface area contributed by atoms with Gasteiger partial charge in [-0.05, 0) is 38.0 Å². The van der Waals surface area contributed by atoms with Crippen molar-refractivity contribution in [2.45, 2.75) is 45.3 Å². The lowest BCUT2D eigenvalue weighted by atomic mass is 10.0. The van der Waals surface area contributed by atoms with Gasteiger partial charge in [0.15, 0.2) is 0 Å². The molecule has 0 amide bonds. The second-order valence-electron chi connectivity index (χ2n) is 5.62. The first-order chi connectivity index (χ1) is 9.11. The number of nitrogen functional groups attached to an aromatic ring is 1. The van der Waals surface area contributed by atoms with Crippen LogP contribution in [0.2, 0.25) is 0 Å². The number of nitrogens with two attached hydrogens (primary N) is 1. The van der Waals surface area contributed by atoms with Crippen LogP contribution in [0.1, 0.15) is 32.5 Å². The van der Waals surface area contributed by atoms with Gasteiger partial charge in [0.05, 0.1) is 23.2 Å². The highest BCUT2D eigenvalue weighted by molar-refractivity contribution is 5.79. The number of aryl methyl sites for hydroxylation is 1. The van der Waals surface area contributed by atoms with Gasteiger partial charge >= 0.3 is 0 Å². The van der Waals surface area contributed by atoms with E-state index in [9.17, 15) is 0 Å². The molecular weight excluding hydrogens is 238 g/mol. The predicted molar refractivity (Wildman–Crippen MR) is 77.1 cm³/mol. The van der Waals surface area contributed by atoms with Gasteiger partial charge < -0.3 is 15.0 Å². The molecule has 0 spiro atoms. The summed E-state index contributed by atoms with van der Waals surface area (Å²) in [5.74, 6) is 1.11.